The van der Waals surface area contributed by atoms with Gasteiger partial charge in [-0.25, -0.2) is 0 Å². The van der Waals surface area contributed by atoms with E-state index >= 15 is 0 Å². The summed E-state index contributed by atoms with van der Waals surface area (Å²) in [5.41, 5.74) is 0.941. The molecule has 1 aliphatic rings. The Kier molecular flexibility index (Phi) is 4.37. The third-order valence-electron chi connectivity index (χ3n) is 4.01. The van der Waals surface area contributed by atoms with E-state index in [2.05, 4.69) is 24.1 Å². The molecular formula is C15H22ClN3O. The predicted octanol–water partition coefficient (Wildman–Crippen LogP) is 2.11. The number of halogens is 1. The summed E-state index contributed by atoms with van der Waals surface area (Å²) in [6.45, 7) is 5.31. The summed E-state index contributed by atoms with van der Waals surface area (Å²) in [6.07, 6.45) is -0.0968. The molecule has 1 saturated heterocycles. The Hall–Kier alpha value is -1.10. The maximum Gasteiger partial charge on any atom is 0.238 e. The zero-order chi connectivity index (χ0) is 14.9. The van der Waals surface area contributed by atoms with Crippen molar-refractivity contribution < 1.29 is 4.79 Å². The molecule has 0 bridgehead atoms. The first-order chi connectivity index (χ1) is 9.31. The topological polar surface area (TPSA) is 35.6 Å². The van der Waals surface area contributed by atoms with E-state index in [-0.39, 0.29) is 17.6 Å². The van der Waals surface area contributed by atoms with Crippen LogP contribution in [-0.2, 0) is 4.79 Å². The summed E-state index contributed by atoms with van der Waals surface area (Å²) in [5, 5.41) is 3.95. The Morgan fingerprint density at radius 3 is 2.75 bits per heavy atom. The van der Waals surface area contributed by atoms with Crippen LogP contribution in [0.15, 0.2) is 24.3 Å². The molecule has 1 atom stereocenters. The van der Waals surface area contributed by atoms with E-state index in [9.17, 15) is 4.79 Å². The molecule has 0 spiro atoms. The highest BCUT2D eigenvalue weighted by Crippen LogP contribution is 2.27. The van der Waals surface area contributed by atoms with E-state index in [1.54, 1.807) is 0 Å². The number of amides is 1. The van der Waals surface area contributed by atoms with Crippen molar-refractivity contribution in [2.24, 2.45) is 0 Å². The summed E-state index contributed by atoms with van der Waals surface area (Å²) in [6, 6.07) is 7.67. The van der Waals surface area contributed by atoms with Crippen molar-refractivity contribution in [2.75, 3.05) is 27.2 Å². The third kappa shape index (κ3) is 3.14. The van der Waals surface area contributed by atoms with Gasteiger partial charge >= 0.3 is 0 Å². The second-order valence-electron chi connectivity index (χ2n) is 6.07. The van der Waals surface area contributed by atoms with Gasteiger partial charge in [-0.2, -0.15) is 0 Å². The molecule has 1 fully saturated rings. The molecule has 1 heterocycles. The second kappa shape index (κ2) is 5.72. The fourth-order valence-corrected chi connectivity index (χ4v) is 2.45. The molecule has 0 aliphatic carbocycles. The number of carbonyl (C=O) groups is 1. The second-order valence-corrected chi connectivity index (χ2v) is 6.50. The highest BCUT2D eigenvalue weighted by atomic mass is 35.5. The average molecular weight is 296 g/mol. The lowest BCUT2D eigenvalue weighted by molar-refractivity contribution is -0.129. The Labute approximate surface area is 125 Å². The number of carbonyl (C=O) groups excluding carboxylic acids is 1. The van der Waals surface area contributed by atoms with Gasteiger partial charge < -0.3 is 9.80 Å². The molecule has 1 N–H and O–H groups in total. The summed E-state index contributed by atoms with van der Waals surface area (Å²) >= 11 is 6.05. The van der Waals surface area contributed by atoms with E-state index in [0.717, 1.165) is 5.56 Å². The maximum absolute atomic E-state index is 12.2. The van der Waals surface area contributed by atoms with Gasteiger partial charge in [0.1, 0.15) is 6.17 Å². The lowest BCUT2D eigenvalue weighted by Gasteiger charge is -2.38. The summed E-state index contributed by atoms with van der Waals surface area (Å²) in [7, 11) is 4.06. The van der Waals surface area contributed by atoms with E-state index in [0.29, 0.717) is 18.1 Å². The number of nitrogens with zero attached hydrogens (tertiary/aromatic N) is 2. The molecule has 1 aromatic carbocycles. The monoisotopic (exact) mass is 295 g/mol. The van der Waals surface area contributed by atoms with Gasteiger partial charge in [-0.3, -0.25) is 10.1 Å². The molecule has 0 saturated carbocycles. The van der Waals surface area contributed by atoms with Crippen molar-refractivity contribution in [3.05, 3.63) is 34.9 Å². The maximum atomic E-state index is 12.2. The van der Waals surface area contributed by atoms with Crippen molar-refractivity contribution in [3.63, 3.8) is 0 Å². The van der Waals surface area contributed by atoms with E-state index in [1.807, 2.05) is 43.3 Å². The Balaban J connectivity index is 2.23. The molecule has 1 aliphatic heterocycles. The van der Waals surface area contributed by atoms with Crippen molar-refractivity contribution in [3.8, 4) is 0 Å². The van der Waals surface area contributed by atoms with Gasteiger partial charge in [-0.1, -0.05) is 23.7 Å². The molecule has 2 rings (SSSR count). The van der Waals surface area contributed by atoms with Gasteiger partial charge in [0, 0.05) is 17.1 Å². The fraction of sp³-hybridized carbons (Fsp3) is 0.533. The SMILES string of the molecule is CN(C)C(C)(C)CN1C(=O)CNC1c1cccc(Cl)c1. The van der Waals surface area contributed by atoms with Crippen molar-refractivity contribution in [1.82, 2.24) is 15.1 Å². The lowest BCUT2D eigenvalue weighted by atomic mass is 10.0. The number of hydrogen-bond acceptors (Lipinski definition) is 3. The minimum Gasteiger partial charge on any atom is -0.320 e. The van der Waals surface area contributed by atoms with Crippen molar-refractivity contribution in [2.45, 2.75) is 25.6 Å². The molecule has 110 valence electrons. The molecule has 0 aromatic heterocycles. The molecule has 20 heavy (non-hydrogen) atoms. The van der Waals surface area contributed by atoms with Crippen LogP contribution >= 0.6 is 11.6 Å². The largest absolute Gasteiger partial charge is 0.320 e. The zero-order valence-electron chi connectivity index (χ0n) is 12.5. The minimum atomic E-state index is -0.0968. The van der Waals surface area contributed by atoms with Crippen LogP contribution in [0.1, 0.15) is 25.6 Å². The van der Waals surface area contributed by atoms with Crippen LogP contribution in [0.4, 0.5) is 0 Å². The summed E-state index contributed by atoms with van der Waals surface area (Å²) < 4.78 is 0. The van der Waals surface area contributed by atoms with Crippen LogP contribution in [-0.4, -0.2) is 48.4 Å². The summed E-state index contributed by atoms with van der Waals surface area (Å²) in [4.78, 5) is 16.2. The first kappa shape index (κ1) is 15.3. The molecule has 0 radical (unpaired) electrons. The highest BCUT2D eigenvalue weighted by molar-refractivity contribution is 6.30. The highest BCUT2D eigenvalue weighted by Gasteiger charge is 2.36. The van der Waals surface area contributed by atoms with Crippen molar-refractivity contribution in [1.29, 1.82) is 0 Å². The molecule has 1 unspecified atom stereocenters. The molecule has 4 nitrogen and oxygen atoms in total. The first-order valence-corrected chi connectivity index (χ1v) is 7.15. The van der Waals surface area contributed by atoms with Gasteiger partial charge in [0.25, 0.3) is 0 Å². The quantitative estimate of drug-likeness (QED) is 0.924. The number of rotatable bonds is 4. The summed E-state index contributed by atoms with van der Waals surface area (Å²) in [5.74, 6) is 0.130. The van der Waals surface area contributed by atoms with Gasteiger partial charge in [0.2, 0.25) is 5.91 Å². The van der Waals surface area contributed by atoms with Crippen LogP contribution < -0.4 is 5.32 Å². The van der Waals surface area contributed by atoms with Crippen LogP contribution in [0, 0.1) is 0 Å². The third-order valence-corrected chi connectivity index (χ3v) is 4.25. The normalized spacial score (nSPS) is 20.0. The van der Waals surface area contributed by atoms with Gasteiger partial charge in [0.05, 0.1) is 6.54 Å². The molecule has 5 heteroatoms. The standard InChI is InChI=1S/C15H22ClN3O/c1-15(2,18(3)4)10-19-13(20)9-17-14(19)11-6-5-7-12(16)8-11/h5-8,14,17H,9-10H2,1-4H3. The average Bonchev–Trinajstić information content (AvgIpc) is 2.70. The Morgan fingerprint density at radius 1 is 1.45 bits per heavy atom. The van der Waals surface area contributed by atoms with Gasteiger partial charge in [0.15, 0.2) is 0 Å². The number of nitrogens with one attached hydrogen (secondary N) is 1. The van der Waals surface area contributed by atoms with Crippen LogP contribution in [0.25, 0.3) is 0 Å². The van der Waals surface area contributed by atoms with Crippen LogP contribution in [0.5, 0.6) is 0 Å². The Bertz CT molecular complexity index is 502. The van der Waals surface area contributed by atoms with Crippen LogP contribution in [0.3, 0.4) is 0 Å². The van der Waals surface area contributed by atoms with E-state index in [1.165, 1.54) is 0 Å². The van der Waals surface area contributed by atoms with Crippen LogP contribution in [0.2, 0.25) is 5.02 Å². The minimum absolute atomic E-state index is 0.0848. The number of hydrogen-bond donors (Lipinski definition) is 1. The zero-order valence-corrected chi connectivity index (χ0v) is 13.2. The number of benzene rings is 1. The molecule has 1 amide bonds. The molecular weight excluding hydrogens is 274 g/mol. The first-order valence-electron chi connectivity index (χ1n) is 6.77. The predicted molar refractivity (Wildman–Crippen MR) is 81.7 cm³/mol. The smallest absolute Gasteiger partial charge is 0.238 e. The van der Waals surface area contributed by atoms with E-state index in [4.69, 9.17) is 11.6 Å². The van der Waals surface area contributed by atoms with Gasteiger partial charge in [-0.15, -0.1) is 0 Å². The van der Waals surface area contributed by atoms with Gasteiger partial charge in [-0.05, 0) is 45.6 Å². The van der Waals surface area contributed by atoms with Crippen molar-refractivity contribution >= 4 is 17.5 Å². The lowest BCUT2D eigenvalue weighted by Crippen LogP contribution is -2.49. The molecule has 1 aromatic rings. The number of likely N-dealkylation sites (N-methyl/N-ethyl adjacent to an activating group) is 1. The fourth-order valence-electron chi connectivity index (χ4n) is 2.25. The van der Waals surface area contributed by atoms with E-state index < -0.39 is 0 Å². The Morgan fingerprint density at radius 2 is 2.15 bits per heavy atom.